The SMILES string of the molecule is C=C(CC(O)(CC(F)=C(F)F)C(F)(F)F)C1CC2CCC1C2. The van der Waals surface area contributed by atoms with Crippen molar-refractivity contribution in [3.8, 4) is 0 Å². The lowest BCUT2D eigenvalue weighted by Crippen LogP contribution is -2.46. The fourth-order valence-corrected chi connectivity index (χ4v) is 3.84. The van der Waals surface area contributed by atoms with Gasteiger partial charge in [-0.05, 0) is 37.0 Å². The summed E-state index contributed by atoms with van der Waals surface area (Å²) in [6.07, 6.45) is -7.17. The first-order chi connectivity index (χ1) is 10.0. The van der Waals surface area contributed by atoms with Crippen LogP contribution in [-0.4, -0.2) is 16.9 Å². The van der Waals surface area contributed by atoms with E-state index in [9.17, 15) is 31.4 Å². The highest BCUT2D eigenvalue weighted by atomic mass is 19.4. The number of halogens is 6. The van der Waals surface area contributed by atoms with Gasteiger partial charge < -0.3 is 5.11 Å². The zero-order chi connectivity index (χ0) is 16.7. The molecule has 1 nitrogen and oxygen atoms in total. The number of fused-ring (bicyclic) bond motifs is 2. The molecule has 22 heavy (non-hydrogen) atoms. The van der Waals surface area contributed by atoms with Crippen molar-refractivity contribution in [3.05, 3.63) is 24.1 Å². The smallest absolute Gasteiger partial charge is 0.380 e. The van der Waals surface area contributed by atoms with Crippen LogP contribution in [0, 0.1) is 17.8 Å². The molecule has 0 aliphatic heterocycles. The van der Waals surface area contributed by atoms with Crippen LogP contribution in [0.1, 0.15) is 38.5 Å². The Morgan fingerprint density at radius 1 is 1.05 bits per heavy atom. The summed E-state index contributed by atoms with van der Waals surface area (Å²) in [4.78, 5) is 0. The maximum atomic E-state index is 13.0. The van der Waals surface area contributed by atoms with E-state index in [1.54, 1.807) is 0 Å². The molecule has 1 N–H and O–H groups in total. The van der Waals surface area contributed by atoms with Gasteiger partial charge in [0.15, 0.2) is 11.4 Å². The molecule has 0 aromatic heterocycles. The van der Waals surface area contributed by atoms with Crippen molar-refractivity contribution in [1.82, 2.24) is 0 Å². The van der Waals surface area contributed by atoms with Crippen molar-refractivity contribution in [3.63, 3.8) is 0 Å². The number of hydrogen-bond acceptors (Lipinski definition) is 1. The predicted octanol–water partition coefficient (Wildman–Crippen LogP) is 5.13. The summed E-state index contributed by atoms with van der Waals surface area (Å²) in [6, 6.07) is 0. The molecular formula is C15H18F6O. The van der Waals surface area contributed by atoms with Crippen molar-refractivity contribution >= 4 is 0 Å². The van der Waals surface area contributed by atoms with Crippen LogP contribution in [0.5, 0.6) is 0 Å². The molecule has 2 rings (SSSR count). The maximum absolute atomic E-state index is 13.0. The Morgan fingerprint density at radius 3 is 2.09 bits per heavy atom. The summed E-state index contributed by atoms with van der Waals surface area (Å²) in [5, 5.41) is 9.77. The molecule has 0 aromatic carbocycles. The molecule has 0 amide bonds. The van der Waals surface area contributed by atoms with Crippen LogP contribution in [0.4, 0.5) is 26.3 Å². The molecule has 0 radical (unpaired) electrons. The van der Waals surface area contributed by atoms with Crippen LogP contribution < -0.4 is 0 Å². The lowest BCUT2D eigenvalue weighted by Gasteiger charge is -2.33. The Hall–Kier alpha value is -0.980. The summed E-state index contributed by atoms with van der Waals surface area (Å²) in [5.41, 5.74) is -3.36. The van der Waals surface area contributed by atoms with Crippen LogP contribution in [0.15, 0.2) is 24.1 Å². The molecule has 4 atom stereocenters. The minimum absolute atomic E-state index is 0.144. The van der Waals surface area contributed by atoms with E-state index >= 15 is 0 Å². The number of hydrogen-bond donors (Lipinski definition) is 1. The third kappa shape index (κ3) is 3.34. The standard InChI is InChI=1S/C15H18F6O/c1-8(11-5-9-2-3-10(11)4-9)6-14(22,15(19,20)21)7-12(16)13(17)18/h9-11,22H,1-7H2. The minimum atomic E-state index is -5.21. The predicted molar refractivity (Wildman–Crippen MR) is 68.7 cm³/mol. The summed E-state index contributed by atoms with van der Waals surface area (Å²) < 4.78 is 76.3. The average molecular weight is 328 g/mol. The molecule has 0 aromatic rings. The quantitative estimate of drug-likeness (QED) is 0.548. The fourth-order valence-electron chi connectivity index (χ4n) is 3.84. The second-order valence-electron chi connectivity index (χ2n) is 6.49. The van der Waals surface area contributed by atoms with Gasteiger partial charge in [0.2, 0.25) is 0 Å². The first kappa shape index (κ1) is 17.4. The Balaban J connectivity index is 2.13. The van der Waals surface area contributed by atoms with Gasteiger partial charge >= 0.3 is 12.3 Å². The second kappa shape index (κ2) is 5.91. The Bertz CT molecular complexity index is 479. The van der Waals surface area contributed by atoms with Crippen LogP contribution >= 0.6 is 0 Å². The van der Waals surface area contributed by atoms with E-state index < -0.39 is 36.5 Å². The van der Waals surface area contributed by atoms with E-state index in [2.05, 4.69) is 6.58 Å². The average Bonchev–Trinajstić information content (AvgIpc) is 2.99. The van der Waals surface area contributed by atoms with Crippen molar-refractivity contribution in [2.24, 2.45) is 17.8 Å². The van der Waals surface area contributed by atoms with Crippen molar-refractivity contribution in [1.29, 1.82) is 0 Å². The lowest BCUT2D eigenvalue weighted by molar-refractivity contribution is -0.260. The normalized spacial score (nSPS) is 30.2. The lowest BCUT2D eigenvalue weighted by atomic mass is 9.78. The van der Waals surface area contributed by atoms with Crippen molar-refractivity contribution < 1.29 is 31.4 Å². The molecule has 0 spiro atoms. The van der Waals surface area contributed by atoms with E-state index in [1.165, 1.54) is 0 Å². The second-order valence-corrected chi connectivity index (χ2v) is 6.49. The maximum Gasteiger partial charge on any atom is 0.417 e. The zero-order valence-corrected chi connectivity index (χ0v) is 11.9. The molecule has 7 heteroatoms. The van der Waals surface area contributed by atoms with Crippen LogP contribution in [0.25, 0.3) is 0 Å². The Kier molecular flexibility index (Phi) is 4.66. The number of alkyl halides is 3. The van der Waals surface area contributed by atoms with Gasteiger partial charge in [-0.15, -0.1) is 0 Å². The first-order valence-corrected chi connectivity index (χ1v) is 7.20. The minimum Gasteiger partial charge on any atom is -0.380 e. The number of aliphatic hydroxyl groups is 1. The van der Waals surface area contributed by atoms with Gasteiger partial charge in [0.25, 0.3) is 0 Å². The summed E-state index contributed by atoms with van der Waals surface area (Å²) in [5.74, 6) is -1.67. The van der Waals surface area contributed by atoms with E-state index in [0.717, 1.165) is 19.3 Å². The Labute approximate surface area is 124 Å². The van der Waals surface area contributed by atoms with E-state index in [-0.39, 0.29) is 17.4 Å². The van der Waals surface area contributed by atoms with E-state index in [1.807, 2.05) is 0 Å². The highest BCUT2D eigenvalue weighted by Crippen LogP contribution is 2.53. The molecular weight excluding hydrogens is 310 g/mol. The third-order valence-corrected chi connectivity index (χ3v) is 4.96. The molecule has 4 unspecified atom stereocenters. The van der Waals surface area contributed by atoms with Gasteiger partial charge in [0.05, 0.1) is 0 Å². The van der Waals surface area contributed by atoms with Gasteiger partial charge in [0, 0.05) is 12.8 Å². The zero-order valence-electron chi connectivity index (χ0n) is 11.9. The van der Waals surface area contributed by atoms with Crippen LogP contribution in [0.3, 0.4) is 0 Å². The molecule has 126 valence electrons. The van der Waals surface area contributed by atoms with Gasteiger partial charge in [0.1, 0.15) is 0 Å². The van der Waals surface area contributed by atoms with Crippen molar-refractivity contribution in [2.75, 3.05) is 0 Å². The van der Waals surface area contributed by atoms with Gasteiger partial charge in [-0.1, -0.05) is 18.6 Å². The molecule has 0 heterocycles. The largest absolute Gasteiger partial charge is 0.417 e. The molecule has 2 bridgehead atoms. The molecule has 0 saturated heterocycles. The van der Waals surface area contributed by atoms with Gasteiger partial charge in [-0.25, -0.2) is 4.39 Å². The van der Waals surface area contributed by atoms with Gasteiger partial charge in [-0.2, -0.15) is 22.0 Å². The van der Waals surface area contributed by atoms with Crippen molar-refractivity contribution in [2.45, 2.75) is 50.3 Å². The number of rotatable bonds is 5. The topological polar surface area (TPSA) is 20.2 Å². The highest BCUT2D eigenvalue weighted by molar-refractivity contribution is 5.15. The van der Waals surface area contributed by atoms with Gasteiger partial charge in [-0.3, -0.25) is 0 Å². The molecule has 2 aliphatic rings. The van der Waals surface area contributed by atoms with E-state index in [4.69, 9.17) is 0 Å². The molecule has 2 saturated carbocycles. The monoisotopic (exact) mass is 328 g/mol. The first-order valence-electron chi connectivity index (χ1n) is 7.20. The third-order valence-electron chi connectivity index (χ3n) is 4.96. The van der Waals surface area contributed by atoms with Crippen LogP contribution in [-0.2, 0) is 0 Å². The van der Waals surface area contributed by atoms with Crippen LogP contribution in [0.2, 0.25) is 0 Å². The summed E-state index contributed by atoms with van der Waals surface area (Å²) in [6.45, 7) is 3.62. The summed E-state index contributed by atoms with van der Waals surface area (Å²) >= 11 is 0. The van der Waals surface area contributed by atoms with E-state index in [0.29, 0.717) is 12.3 Å². The molecule has 2 fully saturated rings. The Morgan fingerprint density at radius 2 is 1.68 bits per heavy atom. The highest BCUT2D eigenvalue weighted by Gasteiger charge is 2.55. The fraction of sp³-hybridized carbons (Fsp3) is 0.733. The summed E-state index contributed by atoms with van der Waals surface area (Å²) in [7, 11) is 0. The molecule has 2 aliphatic carbocycles.